The van der Waals surface area contributed by atoms with Gasteiger partial charge in [0, 0.05) is 26.4 Å². The number of hydrogen-bond acceptors (Lipinski definition) is 6. The highest BCUT2D eigenvalue weighted by Crippen LogP contribution is 2.39. The second-order valence-corrected chi connectivity index (χ2v) is 11.6. The summed E-state index contributed by atoms with van der Waals surface area (Å²) in [6, 6.07) is 20.1. The molecule has 0 unspecified atom stereocenters. The number of carbonyl (C=O) groups is 4. The van der Waals surface area contributed by atoms with E-state index in [0.717, 1.165) is 29.5 Å². The van der Waals surface area contributed by atoms with Gasteiger partial charge in [-0.1, -0.05) is 60.7 Å². The van der Waals surface area contributed by atoms with Crippen molar-refractivity contribution in [3.63, 3.8) is 0 Å². The molecule has 3 aromatic carbocycles. The molecule has 1 fully saturated rings. The summed E-state index contributed by atoms with van der Waals surface area (Å²) in [5.74, 6) is -1.55. The van der Waals surface area contributed by atoms with Gasteiger partial charge in [-0.2, -0.15) is 0 Å². The predicted molar refractivity (Wildman–Crippen MR) is 159 cm³/mol. The Bertz CT molecular complexity index is 1510. The van der Waals surface area contributed by atoms with Gasteiger partial charge in [-0.15, -0.1) is 0 Å². The summed E-state index contributed by atoms with van der Waals surface area (Å²) in [4.78, 5) is 70.2. The number of nitrogens with zero attached hydrogens (tertiary/aromatic N) is 1. The first-order valence-electron chi connectivity index (χ1n) is 13.9. The molecule has 0 radical (unpaired) electrons. The standard InChI is InChI=1S/C31H34N3O8P/c1-21(36)32-28(18-23-12-15-29(26(17-23)20-35)42-43(39,40)41)30(37)33-27-9-5-6-16-34(31(27)38)19-22-10-13-25(14-11-22)24-7-3-2-4-8-24/h2-4,7-8,10-15,17,20,27-28H,5-6,9,16,18-19H2,1H3,(H,32,36)(H,33,37)(H2,39,40,41)/t27-,28+/m1/s1. The number of aldehydes is 1. The first-order valence-corrected chi connectivity index (χ1v) is 15.4. The number of phosphoric ester groups is 1. The maximum atomic E-state index is 13.5. The largest absolute Gasteiger partial charge is 0.524 e. The minimum absolute atomic E-state index is 0.0408. The van der Waals surface area contributed by atoms with Gasteiger partial charge < -0.3 is 20.1 Å². The third-order valence-corrected chi connectivity index (χ3v) is 7.52. The minimum Gasteiger partial charge on any atom is -0.403 e. The number of amides is 3. The third-order valence-electron chi connectivity index (χ3n) is 7.08. The summed E-state index contributed by atoms with van der Waals surface area (Å²) in [5, 5.41) is 5.40. The van der Waals surface area contributed by atoms with Crippen LogP contribution in [0.2, 0.25) is 0 Å². The van der Waals surface area contributed by atoms with Crippen LogP contribution in [0.5, 0.6) is 5.75 Å². The Hall–Kier alpha value is -4.31. The molecule has 12 heteroatoms. The van der Waals surface area contributed by atoms with Crippen molar-refractivity contribution in [1.82, 2.24) is 15.5 Å². The van der Waals surface area contributed by atoms with E-state index in [1.54, 1.807) is 4.90 Å². The number of nitrogens with one attached hydrogen (secondary N) is 2. The molecule has 11 nitrogen and oxygen atoms in total. The number of phosphoric acid groups is 1. The zero-order chi connectivity index (χ0) is 31.0. The Kier molecular flexibility index (Phi) is 10.5. The van der Waals surface area contributed by atoms with Gasteiger partial charge in [-0.25, -0.2) is 4.57 Å². The average Bonchev–Trinajstić information content (AvgIpc) is 3.14. The molecular formula is C31H34N3O8P. The van der Waals surface area contributed by atoms with Crippen molar-refractivity contribution in [3.8, 4) is 16.9 Å². The number of carbonyl (C=O) groups excluding carboxylic acids is 4. The molecule has 1 saturated heterocycles. The molecule has 4 N–H and O–H groups in total. The fourth-order valence-electron chi connectivity index (χ4n) is 5.04. The summed E-state index contributed by atoms with van der Waals surface area (Å²) in [6.07, 6.45) is 2.29. The first-order chi connectivity index (χ1) is 20.5. The van der Waals surface area contributed by atoms with Crippen molar-refractivity contribution in [1.29, 1.82) is 0 Å². The molecule has 3 aromatic rings. The molecular weight excluding hydrogens is 573 g/mol. The van der Waals surface area contributed by atoms with E-state index in [0.29, 0.717) is 31.4 Å². The maximum absolute atomic E-state index is 13.5. The summed E-state index contributed by atoms with van der Waals surface area (Å²) in [6.45, 7) is 2.21. The molecule has 1 heterocycles. The fourth-order valence-corrected chi connectivity index (χ4v) is 5.46. The van der Waals surface area contributed by atoms with E-state index in [-0.39, 0.29) is 23.6 Å². The highest BCUT2D eigenvalue weighted by Gasteiger charge is 2.31. The van der Waals surface area contributed by atoms with E-state index in [1.165, 1.54) is 25.1 Å². The lowest BCUT2D eigenvalue weighted by Crippen LogP contribution is -2.54. The lowest BCUT2D eigenvalue weighted by atomic mass is 10.0. The van der Waals surface area contributed by atoms with Gasteiger partial charge in [0.2, 0.25) is 17.7 Å². The molecule has 43 heavy (non-hydrogen) atoms. The van der Waals surface area contributed by atoms with E-state index in [1.807, 2.05) is 54.6 Å². The quantitative estimate of drug-likeness (QED) is 0.191. The van der Waals surface area contributed by atoms with Crippen LogP contribution in [0.1, 0.15) is 47.7 Å². The van der Waals surface area contributed by atoms with Gasteiger partial charge >= 0.3 is 7.82 Å². The third kappa shape index (κ3) is 9.09. The monoisotopic (exact) mass is 607 g/mol. The predicted octanol–water partition coefficient (Wildman–Crippen LogP) is 3.38. The van der Waals surface area contributed by atoms with Gasteiger partial charge in [-0.3, -0.25) is 29.0 Å². The molecule has 1 aliphatic rings. The lowest BCUT2D eigenvalue weighted by Gasteiger charge is -2.27. The van der Waals surface area contributed by atoms with Crippen LogP contribution in [0.4, 0.5) is 0 Å². The molecule has 226 valence electrons. The van der Waals surface area contributed by atoms with Crippen LogP contribution in [0.3, 0.4) is 0 Å². The van der Waals surface area contributed by atoms with Crippen LogP contribution in [0, 0.1) is 0 Å². The van der Waals surface area contributed by atoms with Crippen molar-refractivity contribution in [3.05, 3.63) is 89.5 Å². The SMILES string of the molecule is CC(=O)N[C@@H](Cc1ccc(OP(=O)(O)O)c(C=O)c1)C(=O)N[C@@H]1CCCCN(Cc2ccc(-c3ccccc3)cc2)C1=O. The molecule has 1 aliphatic heterocycles. The van der Waals surface area contributed by atoms with Gasteiger partial charge in [0.05, 0.1) is 5.56 Å². The van der Waals surface area contributed by atoms with Crippen LogP contribution < -0.4 is 15.2 Å². The van der Waals surface area contributed by atoms with Crippen molar-refractivity contribution >= 4 is 31.8 Å². The Balaban J connectivity index is 1.44. The van der Waals surface area contributed by atoms with E-state index < -0.39 is 31.7 Å². The van der Waals surface area contributed by atoms with Crippen molar-refractivity contribution < 1.29 is 38.1 Å². The smallest absolute Gasteiger partial charge is 0.403 e. The van der Waals surface area contributed by atoms with Crippen LogP contribution >= 0.6 is 7.82 Å². The molecule has 0 aliphatic carbocycles. The Morgan fingerprint density at radius 1 is 1.02 bits per heavy atom. The highest BCUT2D eigenvalue weighted by atomic mass is 31.2. The Labute approximate surface area is 249 Å². The van der Waals surface area contributed by atoms with Gasteiger partial charge in [-0.05, 0) is 53.6 Å². The fraction of sp³-hybridized carbons (Fsp3) is 0.290. The van der Waals surface area contributed by atoms with Crippen LogP contribution in [0.15, 0.2) is 72.8 Å². The summed E-state index contributed by atoms with van der Waals surface area (Å²) >= 11 is 0. The second kappa shape index (κ2) is 14.2. The Morgan fingerprint density at radius 3 is 2.35 bits per heavy atom. The minimum atomic E-state index is -4.89. The molecule has 0 aromatic heterocycles. The summed E-state index contributed by atoms with van der Waals surface area (Å²) in [5.41, 5.74) is 3.44. The van der Waals surface area contributed by atoms with Crippen LogP contribution in [-0.2, 0) is 31.9 Å². The average molecular weight is 608 g/mol. The number of benzene rings is 3. The molecule has 2 atom stereocenters. The number of hydrogen-bond donors (Lipinski definition) is 4. The number of likely N-dealkylation sites (tertiary alicyclic amines) is 1. The van der Waals surface area contributed by atoms with Crippen LogP contribution in [-0.4, -0.2) is 57.3 Å². The normalized spacial score (nSPS) is 16.1. The summed E-state index contributed by atoms with van der Waals surface area (Å²) < 4.78 is 15.7. The number of rotatable bonds is 11. The lowest BCUT2D eigenvalue weighted by molar-refractivity contribution is -0.137. The van der Waals surface area contributed by atoms with Crippen molar-refractivity contribution in [2.75, 3.05) is 6.54 Å². The van der Waals surface area contributed by atoms with Gasteiger partial charge in [0.15, 0.2) is 6.29 Å². The Morgan fingerprint density at radius 2 is 1.70 bits per heavy atom. The topological polar surface area (TPSA) is 162 Å². The maximum Gasteiger partial charge on any atom is 0.524 e. The van der Waals surface area contributed by atoms with Crippen molar-refractivity contribution in [2.24, 2.45) is 0 Å². The molecule has 0 saturated carbocycles. The first kappa shape index (κ1) is 31.6. The van der Waals surface area contributed by atoms with Crippen LogP contribution in [0.25, 0.3) is 11.1 Å². The van der Waals surface area contributed by atoms with E-state index in [9.17, 15) is 23.7 Å². The van der Waals surface area contributed by atoms with E-state index in [4.69, 9.17) is 9.79 Å². The zero-order valence-corrected chi connectivity index (χ0v) is 24.5. The van der Waals surface area contributed by atoms with Gasteiger partial charge in [0.1, 0.15) is 17.8 Å². The van der Waals surface area contributed by atoms with Gasteiger partial charge in [0.25, 0.3) is 0 Å². The molecule has 0 bridgehead atoms. The molecule has 0 spiro atoms. The second-order valence-electron chi connectivity index (χ2n) is 10.4. The van der Waals surface area contributed by atoms with E-state index >= 15 is 0 Å². The molecule has 3 amide bonds. The summed E-state index contributed by atoms with van der Waals surface area (Å²) in [7, 11) is -4.89. The highest BCUT2D eigenvalue weighted by molar-refractivity contribution is 7.46. The zero-order valence-electron chi connectivity index (χ0n) is 23.6. The molecule has 4 rings (SSSR count). The van der Waals surface area contributed by atoms with E-state index in [2.05, 4.69) is 15.2 Å². The van der Waals surface area contributed by atoms with Crippen molar-refractivity contribution in [2.45, 2.75) is 51.2 Å².